The van der Waals surface area contributed by atoms with E-state index in [1.54, 1.807) is 4.90 Å². The van der Waals surface area contributed by atoms with Crippen molar-refractivity contribution in [3.8, 4) is 0 Å². The highest BCUT2D eigenvalue weighted by Gasteiger charge is 2.53. The van der Waals surface area contributed by atoms with Crippen LogP contribution < -0.4 is 11.3 Å². The van der Waals surface area contributed by atoms with E-state index < -0.39 is 0 Å². The number of hydrogen-bond acceptors (Lipinski definition) is 4. The minimum atomic E-state index is -0.308. The molecular formula is C16H22N4O2. The Hall–Kier alpha value is -1.69. The molecule has 2 aliphatic carbocycles. The Labute approximate surface area is 129 Å². The van der Waals surface area contributed by atoms with Gasteiger partial charge in [-0.2, -0.15) is 0 Å². The molecule has 1 aromatic rings. The summed E-state index contributed by atoms with van der Waals surface area (Å²) >= 11 is 0. The first-order valence-electron chi connectivity index (χ1n) is 8.32. The minimum absolute atomic E-state index is 0.0746. The van der Waals surface area contributed by atoms with Crippen molar-refractivity contribution in [3.63, 3.8) is 0 Å². The molecule has 0 spiro atoms. The molecule has 0 radical (unpaired) electrons. The number of aromatic nitrogens is 2. The summed E-state index contributed by atoms with van der Waals surface area (Å²) in [4.78, 5) is 33.9. The summed E-state index contributed by atoms with van der Waals surface area (Å²) in [7, 11) is 0. The Morgan fingerprint density at radius 2 is 2.09 bits per heavy atom. The second kappa shape index (κ2) is 5.19. The van der Waals surface area contributed by atoms with Crippen molar-refractivity contribution in [2.24, 2.45) is 11.7 Å². The normalized spacial score (nSPS) is 31.1. The van der Waals surface area contributed by atoms with E-state index in [9.17, 15) is 9.59 Å². The molecular weight excluding hydrogens is 280 g/mol. The zero-order chi connectivity index (χ0) is 15.3. The molecule has 3 N–H and O–H groups in total. The Bertz CT molecular complexity index is 652. The maximum Gasteiger partial charge on any atom is 0.263 e. The summed E-state index contributed by atoms with van der Waals surface area (Å²) in [5.41, 5.74) is 5.93. The average Bonchev–Trinajstić information content (AvgIpc) is 3.12. The van der Waals surface area contributed by atoms with Gasteiger partial charge in [0.1, 0.15) is 11.4 Å². The number of fused-ring (bicyclic) bond motifs is 1. The lowest BCUT2D eigenvalue weighted by molar-refractivity contribution is 0.0736. The van der Waals surface area contributed by atoms with Crippen LogP contribution in [0.1, 0.15) is 60.6 Å². The fourth-order valence-electron chi connectivity index (χ4n) is 3.84. The number of nitrogens with one attached hydrogen (secondary N) is 1. The van der Waals surface area contributed by atoms with Crippen molar-refractivity contribution in [2.45, 2.75) is 56.5 Å². The molecule has 22 heavy (non-hydrogen) atoms. The number of rotatable bonds is 2. The maximum atomic E-state index is 12.7. The molecule has 3 unspecified atom stereocenters. The van der Waals surface area contributed by atoms with Gasteiger partial charge in [-0.3, -0.25) is 9.59 Å². The summed E-state index contributed by atoms with van der Waals surface area (Å²) in [6.07, 6.45) is 7.96. The van der Waals surface area contributed by atoms with Crippen LogP contribution in [-0.2, 0) is 0 Å². The van der Waals surface area contributed by atoms with E-state index in [1.807, 2.05) is 0 Å². The predicted molar refractivity (Wildman–Crippen MR) is 81.6 cm³/mol. The SMILES string of the molecule is NC1C2CCCCN(C(=O)c3cnc(C4CCC4)[nH]c3=O)C12. The number of carbonyl (C=O) groups is 1. The largest absolute Gasteiger partial charge is 0.334 e. The molecule has 4 rings (SSSR count). The first kappa shape index (κ1) is 13.9. The van der Waals surface area contributed by atoms with E-state index in [4.69, 9.17) is 5.73 Å². The van der Waals surface area contributed by atoms with Gasteiger partial charge in [-0.05, 0) is 31.6 Å². The van der Waals surface area contributed by atoms with Gasteiger partial charge in [0.2, 0.25) is 0 Å². The van der Waals surface area contributed by atoms with Crippen molar-refractivity contribution >= 4 is 5.91 Å². The van der Waals surface area contributed by atoms with Crippen LogP contribution in [-0.4, -0.2) is 39.4 Å². The lowest BCUT2D eigenvalue weighted by atomic mass is 9.85. The third-order valence-corrected chi connectivity index (χ3v) is 5.53. The molecule has 1 amide bonds. The average molecular weight is 302 g/mol. The van der Waals surface area contributed by atoms with E-state index in [2.05, 4.69) is 9.97 Å². The summed E-state index contributed by atoms with van der Waals surface area (Å²) in [6.45, 7) is 0.692. The van der Waals surface area contributed by atoms with E-state index in [-0.39, 0.29) is 29.1 Å². The molecule has 1 aliphatic heterocycles. The van der Waals surface area contributed by atoms with Crippen LogP contribution in [0.4, 0.5) is 0 Å². The van der Waals surface area contributed by atoms with E-state index in [0.29, 0.717) is 18.4 Å². The molecule has 2 saturated carbocycles. The zero-order valence-electron chi connectivity index (χ0n) is 12.6. The van der Waals surface area contributed by atoms with Gasteiger partial charge in [0.25, 0.3) is 11.5 Å². The second-order valence-electron chi connectivity index (χ2n) is 6.87. The molecule has 3 atom stereocenters. The number of nitrogens with two attached hydrogens (primary N) is 1. The fraction of sp³-hybridized carbons (Fsp3) is 0.688. The Morgan fingerprint density at radius 1 is 1.27 bits per heavy atom. The van der Waals surface area contributed by atoms with Gasteiger partial charge in [-0.1, -0.05) is 12.8 Å². The number of hydrogen-bond donors (Lipinski definition) is 2. The first-order chi connectivity index (χ1) is 10.7. The van der Waals surface area contributed by atoms with Gasteiger partial charge < -0.3 is 15.6 Å². The summed E-state index contributed by atoms with van der Waals surface area (Å²) in [5.74, 6) is 1.28. The quantitative estimate of drug-likeness (QED) is 0.852. The van der Waals surface area contributed by atoms with Crippen LogP contribution >= 0.6 is 0 Å². The van der Waals surface area contributed by atoms with E-state index in [1.165, 1.54) is 12.6 Å². The van der Waals surface area contributed by atoms with Crippen molar-refractivity contribution < 1.29 is 4.79 Å². The summed E-state index contributed by atoms with van der Waals surface area (Å²) in [5, 5.41) is 0. The summed E-state index contributed by atoms with van der Waals surface area (Å²) in [6, 6.07) is 0.186. The topological polar surface area (TPSA) is 92.1 Å². The molecule has 1 aromatic heterocycles. The first-order valence-corrected chi connectivity index (χ1v) is 8.32. The standard InChI is InChI=1S/C16H22N4O2/c17-12-10-6-1-2-7-20(13(10)12)16(22)11-8-18-14(19-15(11)21)9-4-3-5-9/h8-10,12-13H,1-7,17H2,(H,18,19,21). The molecule has 3 fully saturated rings. The molecule has 6 nitrogen and oxygen atoms in total. The van der Waals surface area contributed by atoms with Crippen molar-refractivity contribution in [1.29, 1.82) is 0 Å². The smallest absolute Gasteiger partial charge is 0.263 e. The number of amides is 1. The maximum absolute atomic E-state index is 12.7. The highest BCUT2D eigenvalue weighted by atomic mass is 16.2. The number of carbonyl (C=O) groups excluding carboxylic acids is 1. The van der Waals surface area contributed by atoms with Crippen LogP contribution in [0.25, 0.3) is 0 Å². The molecule has 2 heterocycles. The van der Waals surface area contributed by atoms with Gasteiger partial charge in [0.15, 0.2) is 0 Å². The van der Waals surface area contributed by atoms with Gasteiger partial charge in [-0.25, -0.2) is 4.98 Å². The Kier molecular flexibility index (Phi) is 3.29. The third kappa shape index (κ3) is 2.17. The lowest BCUT2D eigenvalue weighted by Gasteiger charge is -2.25. The van der Waals surface area contributed by atoms with Gasteiger partial charge in [0, 0.05) is 24.7 Å². The zero-order valence-corrected chi connectivity index (χ0v) is 12.6. The summed E-state index contributed by atoms with van der Waals surface area (Å²) < 4.78 is 0. The van der Waals surface area contributed by atoms with Crippen LogP contribution in [0.3, 0.4) is 0 Å². The highest BCUT2D eigenvalue weighted by Crippen LogP contribution is 2.41. The van der Waals surface area contributed by atoms with E-state index >= 15 is 0 Å². The second-order valence-corrected chi connectivity index (χ2v) is 6.87. The van der Waals surface area contributed by atoms with Gasteiger partial charge in [-0.15, -0.1) is 0 Å². The van der Waals surface area contributed by atoms with E-state index in [0.717, 1.165) is 37.9 Å². The van der Waals surface area contributed by atoms with Crippen molar-refractivity contribution in [3.05, 3.63) is 27.9 Å². The minimum Gasteiger partial charge on any atom is -0.334 e. The van der Waals surface area contributed by atoms with Gasteiger partial charge in [0.05, 0.1) is 6.04 Å². The number of likely N-dealkylation sites (tertiary alicyclic amines) is 1. The molecule has 118 valence electrons. The van der Waals surface area contributed by atoms with Crippen molar-refractivity contribution in [1.82, 2.24) is 14.9 Å². The molecule has 0 aromatic carbocycles. The van der Waals surface area contributed by atoms with Crippen LogP contribution in [0.5, 0.6) is 0 Å². The third-order valence-electron chi connectivity index (χ3n) is 5.53. The Balaban J connectivity index is 1.58. The van der Waals surface area contributed by atoms with Crippen LogP contribution in [0, 0.1) is 5.92 Å². The predicted octanol–water partition coefficient (Wildman–Crippen LogP) is 0.989. The molecule has 3 aliphatic rings. The monoisotopic (exact) mass is 302 g/mol. The Morgan fingerprint density at radius 3 is 2.77 bits per heavy atom. The molecule has 6 heteroatoms. The van der Waals surface area contributed by atoms with Crippen molar-refractivity contribution in [2.75, 3.05) is 6.54 Å². The number of H-pyrrole nitrogens is 1. The molecule has 1 saturated heterocycles. The number of nitrogens with zero attached hydrogens (tertiary/aromatic N) is 2. The fourth-order valence-corrected chi connectivity index (χ4v) is 3.84. The molecule has 0 bridgehead atoms. The highest BCUT2D eigenvalue weighted by molar-refractivity contribution is 5.94. The number of aromatic amines is 1. The van der Waals surface area contributed by atoms with Crippen LogP contribution in [0.2, 0.25) is 0 Å². The van der Waals surface area contributed by atoms with Crippen LogP contribution in [0.15, 0.2) is 11.0 Å². The van der Waals surface area contributed by atoms with Gasteiger partial charge >= 0.3 is 0 Å². The lowest BCUT2D eigenvalue weighted by Crippen LogP contribution is -2.39.